The minimum atomic E-state index is -3.85. The summed E-state index contributed by atoms with van der Waals surface area (Å²) >= 11 is 0. The third-order valence-electron chi connectivity index (χ3n) is 4.41. The third kappa shape index (κ3) is 4.13. The Hall–Kier alpha value is -3.78. The summed E-state index contributed by atoms with van der Waals surface area (Å²) in [6.07, 6.45) is 0. The lowest BCUT2D eigenvalue weighted by atomic mass is 10.1. The molecule has 4 rings (SSSR count). The number of nitrogens with zero attached hydrogens (tertiary/aromatic N) is 2. The molecule has 4 aromatic rings. The molecular formula is C22H18N4O3S. The van der Waals surface area contributed by atoms with Crippen LogP contribution in [0.1, 0.15) is 17.3 Å². The first kappa shape index (κ1) is 19.5. The number of fused-ring (bicyclic) bond motifs is 1. The molecule has 2 N–H and O–H groups in total. The Morgan fingerprint density at radius 3 is 1.93 bits per heavy atom. The van der Waals surface area contributed by atoms with E-state index in [2.05, 4.69) is 20.0 Å². The van der Waals surface area contributed by atoms with Crippen molar-refractivity contribution in [2.75, 3.05) is 10.0 Å². The van der Waals surface area contributed by atoms with E-state index >= 15 is 0 Å². The van der Waals surface area contributed by atoms with Gasteiger partial charge in [-0.3, -0.25) is 9.52 Å². The maximum atomic E-state index is 12.8. The Labute approximate surface area is 173 Å². The molecule has 0 aliphatic rings. The van der Waals surface area contributed by atoms with Crippen LogP contribution < -0.4 is 10.0 Å². The van der Waals surface area contributed by atoms with Crippen LogP contribution in [0.15, 0.2) is 83.8 Å². The molecule has 0 fully saturated rings. The van der Waals surface area contributed by atoms with Gasteiger partial charge in [-0.2, -0.15) is 0 Å². The van der Waals surface area contributed by atoms with Crippen molar-refractivity contribution in [3.05, 3.63) is 84.4 Å². The van der Waals surface area contributed by atoms with Crippen molar-refractivity contribution >= 4 is 44.2 Å². The predicted octanol–water partition coefficient (Wildman–Crippen LogP) is 4.38. The standard InChI is InChI=1S/C22H18N4O3S/c1-15(27)16-11-13-17(14-12-16)23-21-22(25-20-10-6-5-9-19(20)24-21)26-30(28,29)18-7-3-2-4-8-18/h2-14H,1H3,(H,23,24)(H,25,26). The molecule has 7 nitrogen and oxygen atoms in total. The molecule has 0 unspecified atom stereocenters. The van der Waals surface area contributed by atoms with Crippen molar-refractivity contribution < 1.29 is 13.2 Å². The first-order valence-electron chi connectivity index (χ1n) is 9.15. The Kier molecular flexibility index (Phi) is 5.16. The lowest BCUT2D eigenvalue weighted by molar-refractivity contribution is 0.101. The fourth-order valence-corrected chi connectivity index (χ4v) is 3.90. The highest BCUT2D eigenvalue weighted by atomic mass is 32.2. The van der Waals surface area contributed by atoms with Crippen molar-refractivity contribution in [1.82, 2.24) is 9.97 Å². The second-order valence-corrected chi connectivity index (χ2v) is 8.27. The number of ketones is 1. The summed E-state index contributed by atoms with van der Waals surface area (Å²) < 4.78 is 28.2. The Bertz CT molecular complexity index is 1320. The summed E-state index contributed by atoms with van der Waals surface area (Å²) in [6.45, 7) is 1.49. The first-order chi connectivity index (χ1) is 14.4. The van der Waals surface area contributed by atoms with Gasteiger partial charge in [0, 0.05) is 11.3 Å². The monoisotopic (exact) mass is 418 g/mol. The molecule has 30 heavy (non-hydrogen) atoms. The van der Waals surface area contributed by atoms with Crippen LogP contribution >= 0.6 is 0 Å². The second kappa shape index (κ2) is 7.92. The molecule has 150 valence electrons. The largest absolute Gasteiger partial charge is 0.337 e. The number of benzene rings is 3. The summed E-state index contributed by atoms with van der Waals surface area (Å²) in [5.41, 5.74) is 2.39. The van der Waals surface area contributed by atoms with E-state index in [4.69, 9.17) is 0 Å². The van der Waals surface area contributed by atoms with Crippen LogP contribution in [0.2, 0.25) is 0 Å². The summed E-state index contributed by atoms with van der Waals surface area (Å²) in [5.74, 6) is 0.292. The van der Waals surface area contributed by atoms with Crippen LogP contribution in [0.3, 0.4) is 0 Å². The molecule has 0 aliphatic heterocycles. The Morgan fingerprint density at radius 1 is 0.767 bits per heavy atom. The minimum absolute atomic E-state index is 0.0386. The highest BCUT2D eigenvalue weighted by Crippen LogP contribution is 2.27. The lowest BCUT2D eigenvalue weighted by Crippen LogP contribution is -2.16. The van der Waals surface area contributed by atoms with Crippen LogP contribution in [0.4, 0.5) is 17.3 Å². The van der Waals surface area contributed by atoms with E-state index in [1.165, 1.54) is 19.1 Å². The summed E-state index contributed by atoms with van der Waals surface area (Å²) in [6, 6.07) is 22.1. The smallest absolute Gasteiger partial charge is 0.263 e. The maximum Gasteiger partial charge on any atom is 0.263 e. The van der Waals surface area contributed by atoms with Gasteiger partial charge in [-0.25, -0.2) is 18.4 Å². The number of nitrogens with one attached hydrogen (secondary N) is 2. The number of carbonyl (C=O) groups is 1. The van der Waals surface area contributed by atoms with E-state index in [-0.39, 0.29) is 22.3 Å². The summed E-state index contributed by atoms with van der Waals surface area (Å²) in [7, 11) is -3.85. The zero-order chi connectivity index (χ0) is 21.1. The molecular weight excluding hydrogens is 400 g/mol. The number of anilines is 3. The SMILES string of the molecule is CC(=O)c1ccc(Nc2nc3ccccc3nc2NS(=O)(=O)c2ccccc2)cc1. The van der Waals surface area contributed by atoms with Crippen molar-refractivity contribution in [1.29, 1.82) is 0 Å². The molecule has 0 aliphatic carbocycles. The van der Waals surface area contributed by atoms with Crippen LogP contribution in [-0.2, 0) is 10.0 Å². The van der Waals surface area contributed by atoms with Crippen LogP contribution in [0.25, 0.3) is 11.0 Å². The molecule has 0 saturated heterocycles. The summed E-state index contributed by atoms with van der Waals surface area (Å²) in [4.78, 5) is 20.6. The van der Waals surface area contributed by atoms with Crippen LogP contribution in [0, 0.1) is 0 Å². The number of Topliss-reactive ketones (excluding diaryl/α,β-unsaturated/α-hetero) is 1. The third-order valence-corrected chi connectivity index (χ3v) is 5.76. The van der Waals surface area contributed by atoms with Gasteiger partial charge in [-0.15, -0.1) is 0 Å². The number of para-hydroxylation sites is 2. The van der Waals surface area contributed by atoms with Gasteiger partial charge in [-0.1, -0.05) is 30.3 Å². The molecule has 8 heteroatoms. The van der Waals surface area contributed by atoms with E-state index in [1.807, 2.05) is 6.07 Å². The molecule has 3 aromatic carbocycles. The van der Waals surface area contributed by atoms with E-state index in [0.29, 0.717) is 22.3 Å². The van der Waals surface area contributed by atoms with Gasteiger partial charge in [0.25, 0.3) is 10.0 Å². The van der Waals surface area contributed by atoms with Crippen LogP contribution in [-0.4, -0.2) is 24.2 Å². The van der Waals surface area contributed by atoms with Gasteiger partial charge < -0.3 is 5.32 Å². The van der Waals surface area contributed by atoms with Gasteiger partial charge >= 0.3 is 0 Å². The molecule has 1 heterocycles. The maximum absolute atomic E-state index is 12.8. The van der Waals surface area contributed by atoms with Gasteiger partial charge in [-0.05, 0) is 55.5 Å². The van der Waals surface area contributed by atoms with Crippen molar-refractivity contribution in [2.45, 2.75) is 11.8 Å². The van der Waals surface area contributed by atoms with E-state index in [9.17, 15) is 13.2 Å². The molecule has 0 atom stereocenters. The van der Waals surface area contributed by atoms with Gasteiger partial charge in [0.05, 0.1) is 15.9 Å². The van der Waals surface area contributed by atoms with Gasteiger partial charge in [0.15, 0.2) is 17.4 Å². The van der Waals surface area contributed by atoms with Crippen molar-refractivity contribution in [2.24, 2.45) is 0 Å². The lowest BCUT2D eigenvalue weighted by Gasteiger charge is -2.14. The second-order valence-electron chi connectivity index (χ2n) is 6.59. The van der Waals surface area contributed by atoms with E-state index < -0.39 is 10.0 Å². The average molecular weight is 418 g/mol. The fourth-order valence-electron chi connectivity index (χ4n) is 2.87. The number of sulfonamides is 1. The number of carbonyl (C=O) groups excluding carboxylic acids is 1. The Morgan fingerprint density at radius 2 is 1.33 bits per heavy atom. The normalized spacial score (nSPS) is 11.2. The minimum Gasteiger partial charge on any atom is -0.337 e. The first-order valence-corrected chi connectivity index (χ1v) is 10.6. The fraction of sp³-hybridized carbons (Fsp3) is 0.0455. The Balaban J connectivity index is 1.75. The quantitative estimate of drug-likeness (QED) is 0.451. The molecule has 1 aromatic heterocycles. The highest BCUT2D eigenvalue weighted by Gasteiger charge is 2.18. The topological polar surface area (TPSA) is 101 Å². The molecule has 0 radical (unpaired) electrons. The zero-order valence-corrected chi connectivity index (χ0v) is 16.8. The number of hydrogen-bond acceptors (Lipinski definition) is 6. The predicted molar refractivity (Wildman–Crippen MR) is 117 cm³/mol. The highest BCUT2D eigenvalue weighted by molar-refractivity contribution is 7.92. The van der Waals surface area contributed by atoms with Crippen molar-refractivity contribution in [3.63, 3.8) is 0 Å². The number of aromatic nitrogens is 2. The van der Waals surface area contributed by atoms with E-state index in [1.54, 1.807) is 60.7 Å². The molecule has 0 saturated carbocycles. The number of hydrogen-bond donors (Lipinski definition) is 2. The van der Waals surface area contributed by atoms with Crippen molar-refractivity contribution in [3.8, 4) is 0 Å². The summed E-state index contributed by atoms with van der Waals surface area (Å²) in [5, 5.41) is 3.09. The van der Waals surface area contributed by atoms with Gasteiger partial charge in [0.1, 0.15) is 0 Å². The molecule has 0 spiro atoms. The zero-order valence-electron chi connectivity index (χ0n) is 16.0. The molecule has 0 bridgehead atoms. The average Bonchev–Trinajstić information content (AvgIpc) is 2.75. The molecule has 0 amide bonds. The van der Waals surface area contributed by atoms with E-state index in [0.717, 1.165) is 0 Å². The number of rotatable bonds is 6. The van der Waals surface area contributed by atoms with Gasteiger partial charge in [0.2, 0.25) is 0 Å². The van der Waals surface area contributed by atoms with Crippen LogP contribution in [0.5, 0.6) is 0 Å².